The molecule has 0 amide bonds. The third-order valence-corrected chi connectivity index (χ3v) is 3.55. The first-order valence-corrected chi connectivity index (χ1v) is 6.27. The fourth-order valence-electron chi connectivity index (χ4n) is 2.79. The van der Waals surface area contributed by atoms with E-state index >= 15 is 0 Å². The van der Waals surface area contributed by atoms with Gasteiger partial charge in [-0.1, -0.05) is 25.3 Å². The number of nitrogens with zero attached hydrogens (tertiary/aromatic N) is 1. The van der Waals surface area contributed by atoms with Crippen LogP contribution < -0.4 is 0 Å². The zero-order valence-corrected chi connectivity index (χ0v) is 10.1. The van der Waals surface area contributed by atoms with Crippen LogP contribution in [0.4, 0.5) is 0 Å². The van der Waals surface area contributed by atoms with Gasteiger partial charge in [0, 0.05) is 24.4 Å². The number of rotatable bonds is 4. The lowest BCUT2D eigenvalue weighted by Crippen LogP contribution is -2.14. The molecule has 92 valence electrons. The summed E-state index contributed by atoms with van der Waals surface area (Å²) in [5.41, 5.74) is 1.47. The number of allylic oxidation sites excluding steroid dienone is 1. The summed E-state index contributed by atoms with van der Waals surface area (Å²) in [5.74, 6) is -0.404. The van der Waals surface area contributed by atoms with E-state index in [0.29, 0.717) is 18.0 Å². The zero-order valence-electron chi connectivity index (χ0n) is 10.1. The Morgan fingerprint density at radius 1 is 1.47 bits per heavy atom. The van der Waals surface area contributed by atoms with Gasteiger partial charge in [-0.3, -0.25) is 0 Å². The number of aromatic nitrogens is 1. The first kappa shape index (κ1) is 12.0. The molecule has 1 aliphatic carbocycles. The number of hydrogen-bond acceptors (Lipinski definition) is 1. The van der Waals surface area contributed by atoms with Gasteiger partial charge in [0.1, 0.15) is 0 Å². The minimum Gasteiger partial charge on any atom is -0.478 e. The molecule has 1 aromatic heterocycles. The molecule has 0 spiro atoms. The Labute approximate surface area is 102 Å². The molecule has 0 unspecified atom stereocenters. The van der Waals surface area contributed by atoms with Gasteiger partial charge in [-0.25, -0.2) is 4.79 Å². The Bertz CT molecular complexity index is 414. The van der Waals surface area contributed by atoms with E-state index in [1.807, 2.05) is 16.8 Å². The summed E-state index contributed by atoms with van der Waals surface area (Å²) in [5, 5.41) is 9.24. The third-order valence-electron chi connectivity index (χ3n) is 3.55. The quantitative estimate of drug-likeness (QED) is 0.810. The summed E-state index contributed by atoms with van der Waals surface area (Å²) in [6, 6.07) is 1.72. The van der Waals surface area contributed by atoms with E-state index in [-0.39, 0.29) is 0 Å². The van der Waals surface area contributed by atoms with E-state index in [2.05, 4.69) is 6.58 Å². The lowest BCUT2D eigenvalue weighted by molar-refractivity contribution is 0.0694. The molecule has 1 fully saturated rings. The number of hydrogen-bond donors (Lipinski definition) is 1. The second kappa shape index (κ2) is 5.21. The van der Waals surface area contributed by atoms with Crippen LogP contribution in [0.25, 0.3) is 0 Å². The van der Waals surface area contributed by atoms with Crippen molar-refractivity contribution < 1.29 is 9.90 Å². The number of carboxylic acid groups (broad SMARTS) is 1. The summed E-state index contributed by atoms with van der Waals surface area (Å²) in [6.07, 6.45) is 9.61. The first-order chi connectivity index (χ1) is 8.24. The SMILES string of the molecule is C=CCn1ccc(C(=O)O)c1C1CCCCC1. The molecule has 0 atom stereocenters. The molecule has 0 radical (unpaired) electrons. The maximum atomic E-state index is 11.2. The Hall–Kier alpha value is -1.51. The molecule has 1 saturated carbocycles. The maximum Gasteiger partial charge on any atom is 0.337 e. The van der Waals surface area contributed by atoms with Crippen molar-refractivity contribution in [2.45, 2.75) is 44.6 Å². The second-order valence-electron chi connectivity index (χ2n) is 4.70. The highest BCUT2D eigenvalue weighted by Gasteiger charge is 2.24. The van der Waals surface area contributed by atoms with Crippen molar-refractivity contribution in [3.8, 4) is 0 Å². The van der Waals surface area contributed by atoms with Gasteiger partial charge in [0.25, 0.3) is 0 Å². The van der Waals surface area contributed by atoms with Gasteiger partial charge < -0.3 is 9.67 Å². The minimum atomic E-state index is -0.812. The van der Waals surface area contributed by atoms with Gasteiger partial charge in [0.2, 0.25) is 0 Å². The van der Waals surface area contributed by atoms with E-state index in [0.717, 1.165) is 18.5 Å². The van der Waals surface area contributed by atoms with Crippen LogP contribution in [-0.2, 0) is 6.54 Å². The molecule has 3 heteroatoms. The Morgan fingerprint density at radius 3 is 2.76 bits per heavy atom. The van der Waals surface area contributed by atoms with Crippen molar-refractivity contribution in [1.29, 1.82) is 0 Å². The molecule has 0 saturated heterocycles. The molecule has 1 N–H and O–H groups in total. The van der Waals surface area contributed by atoms with Crippen LogP contribution in [0.2, 0.25) is 0 Å². The van der Waals surface area contributed by atoms with Crippen molar-refractivity contribution in [2.75, 3.05) is 0 Å². The Morgan fingerprint density at radius 2 is 2.18 bits per heavy atom. The van der Waals surface area contributed by atoms with E-state index < -0.39 is 5.97 Å². The Balaban J connectivity index is 2.35. The summed E-state index contributed by atoms with van der Waals surface area (Å²) in [7, 11) is 0. The van der Waals surface area contributed by atoms with Crippen LogP contribution in [0.3, 0.4) is 0 Å². The van der Waals surface area contributed by atoms with Crippen LogP contribution in [0.15, 0.2) is 24.9 Å². The molecular formula is C14H19NO2. The average Bonchev–Trinajstić information content (AvgIpc) is 2.74. The summed E-state index contributed by atoms with van der Waals surface area (Å²) in [6.45, 7) is 4.42. The third kappa shape index (κ3) is 2.43. The lowest BCUT2D eigenvalue weighted by Gasteiger charge is -2.24. The lowest BCUT2D eigenvalue weighted by atomic mass is 9.85. The molecule has 1 aliphatic rings. The van der Waals surface area contributed by atoms with Crippen molar-refractivity contribution in [1.82, 2.24) is 4.57 Å². The summed E-state index contributed by atoms with van der Waals surface area (Å²) in [4.78, 5) is 11.2. The van der Waals surface area contributed by atoms with E-state index in [4.69, 9.17) is 0 Å². The van der Waals surface area contributed by atoms with Gasteiger partial charge in [-0.15, -0.1) is 6.58 Å². The van der Waals surface area contributed by atoms with Crippen LogP contribution in [0, 0.1) is 0 Å². The van der Waals surface area contributed by atoms with Gasteiger partial charge >= 0.3 is 5.97 Å². The molecule has 17 heavy (non-hydrogen) atoms. The van der Waals surface area contributed by atoms with E-state index in [9.17, 15) is 9.90 Å². The standard InChI is InChI=1S/C14H19NO2/c1-2-9-15-10-8-12(14(16)17)13(15)11-6-4-3-5-7-11/h2,8,10-11H,1,3-7,9H2,(H,16,17). The van der Waals surface area contributed by atoms with Crippen molar-refractivity contribution in [2.24, 2.45) is 0 Å². The Kier molecular flexibility index (Phi) is 3.67. The number of carbonyl (C=O) groups is 1. The first-order valence-electron chi connectivity index (χ1n) is 6.27. The molecule has 2 rings (SSSR count). The van der Waals surface area contributed by atoms with Gasteiger partial charge in [-0.2, -0.15) is 0 Å². The van der Waals surface area contributed by atoms with Crippen molar-refractivity contribution >= 4 is 5.97 Å². The average molecular weight is 233 g/mol. The van der Waals surface area contributed by atoms with Crippen molar-refractivity contribution in [3.05, 3.63) is 36.2 Å². The monoisotopic (exact) mass is 233 g/mol. The largest absolute Gasteiger partial charge is 0.478 e. The fraction of sp³-hybridized carbons (Fsp3) is 0.500. The van der Waals surface area contributed by atoms with Crippen LogP contribution in [0.5, 0.6) is 0 Å². The predicted octanol–water partition coefficient (Wildman–Crippen LogP) is 3.42. The molecule has 1 aromatic rings. The number of aromatic carboxylic acids is 1. The topological polar surface area (TPSA) is 42.2 Å². The minimum absolute atomic E-state index is 0.407. The van der Waals surface area contributed by atoms with Gasteiger partial charge in [-0.05, 0) is 18.9 Å². The van der Waals surface area contributed by atoms with Crippen LogP contribution in [-0.4, -0.2) is 15.6 Å². The smallest absolute Gasteiger partial charge is 0.337 e. The molecular weight excluding hydrogens is 214 g/mol. The van der Waals surface area contributed by atoms with Crippen molar-refractivity contribution in [3.63, 3.8) is 0 Å². The summed E-state index contributed by atoms with van der Waals surface area (Å²) < 4.78 is 2.03. The van der Waals surface area contributed by atoms with Gasteiger partial charge in [0.15, 0.2) is 0 Å². The summed E-state index contributed by atoms with van der Waals surface area (Å²) >= 11 is 0. The predicted molar refractivity (Wildman–Crippen MR) is 67.4 cm³/mol. The van der Waals surface area contributed by atoms with Gasteiger partial charge in [0.05, 0.1) is 5.56 Å². The zero-order chi connectivity index (χ0) is 12.3. The maximum absolute atomic E-state index is 11.2. The fourth-order valence-corrected chi connectivity index (χ4v) is 2.79. The highest BCUT2D eigenvalue weighted by atomic mass is 16.4. The molecule has 3 nitrogen and oxygen atoms in total. The van der Waals surface area contributed by atoms with E-state index in [1.165, 1.54) is 19.3 Å². The molecule has 0 bridgehead atoms. The normalized spacial score (nSPS) is 16.9. The van der Waals surface area contributed by atoms with Crippen LogP contribution >= 0.6 is 0 Å². The second-order valence-corrected chi connectivity index (χ2v) is 4.70. The van der Waals surface area contributed by atoms with Crippen LogP contribution in [0.1, 0.15) is 54.1 Å². The highest BCUT2D eigenvalue weighted by Crippen LogP contribution is 2.35. The van der Waals surface area contributed by atoms with E-state index in [1.54, 1.807) is 6.07 Å². The number of carboxylic acids is 1. The molecule has 0 aromatic carbocycles. The molecule has 1 heterocycles. The molecule has 0 aliphatic heterocycles. The highest BCUT2D eigenvalue weighted by molar-refractivity contribution is 5.89.